The zero-order valence-corrected chi connectivity index (χ0v) is 12.4. The first kappa shape index (κ1) is 13.5. The highest BCUT2D eigenvalue weighted by molar-refractivity contribution is 7.71. The Balaban J connectivity index is 2.03. The van der Waals surface area contributed by atoms with Crippen LogP contribution in [0.1, 0.15) is 11.3 Å². The number of halogens is 1. The van der Waals surface area contributed by atoms with Crippen molar-refractivity contribution in [1.29, 1.82) is 0 Å². The van der Waals surface area contributed by atoms with Crippen LogP contribution in [-0.4, -0.2) is 23.1 Å². The second-order valence-electron chi connectivity index (χ2n) is 4.70. The fraction of sp³-hybridized carbons (Fsp3) is 0.286. The minimum Gasteiger partial charge on any atom is -0.339 e. The summed E-state index contributed by atoms with van der Waals surface area (Å²) in [6.45, 7) is 1.89. The average Bonchev–Trinajstić information content (AvgIpc) is 2.66. The number of H-pyrrole nitrogens is 1. The number of rotatable bonds is 2. The van der Waals surface area contributed by atoms with Crippen molar-refractivity contribution in [3.05, 3.63) is 45.3 Å². The standard InChI is InChI=1S/C14H15ClN4S/c15-10-3-1-2-4-12(10)17-13-9-5-7-16-8-6-11(9)18-14(20)19-13/h1-4,16H,5-8H2,(H2,17,18,19,20). The topological polar surface area (TPSA) is 52.7 Å². The predicted octanol–water partition coefficient (Wildman–Crippen LogP) is 3.22. The second kappa shape index (κ2) is 5.91. The zero-order chi connectivity index (χ0) is 13.9. The van der Waals surface area contributed by atoms with Crippen LogP contribution in [0.25, 0.3) is 0 Å². The molecule has 0 saturated heterocycles. The molecule has 1 aliphatic heterocycles. The van der Waals surface area contributed by atoms with E-state index < -0.39 is 0 Å². The van der Waals surface area contributed by atoms with Crippen molar-refractivity contribution >= 4 is 35.3 Å². The Morgan fingerprint density at radius 2 is 2.00 bits per heavy atom. The van der Waals surface area contributed by atoms with Gasteiger partial charge < -0.3 is 15.6 Å². The summed E-state index contributed by atoms with van der Waals surface area (Å²) in [7, 11) is 0. The number of hydrogen-bond acceptors (Lipinski definition) is 4. The lowest BCUT2D eigenvalue weighted by atomic mass is 10.1. The van der Waals surface area contributed by atoms with Crippen LogP contribution in [0.15, 0.2) is 24.3 Å². The summed E-state index contributed by atoms with van der Waals surface area (Å²) < 4.78 is 0.500. The van der Waals surface area contributed by atoms with Crippen molar-refractivity contribution in [1.82, 2.24) is 15.3 Å². The smallest absolute Gasteiger partial charge is 0.198 e. The third-order valence-corrected chi connectivity index (χ3v) is 3.87. The number of anilines is 2. The number of fused-ring (bicyclic) bond motifs is 1. The molecule has 1 aliphatic rings. The molecule has 0 bridgehead atoms. The van der Waals surface area contributed by atoms with E-state index in [0.717, 1.165) is 43.1 Å². The summed E-state index contributed by atoms with van der Waals surface area (Å²) in [5.74, 6) is 0.806. The molecule has 0 unspecified atom stereocenters. The second-order valence-corrected chi connectivity index (χ2v) is 5.50. The van der Waals surface area contributed by atoms with Gasteiger partial charge in [-0.15, -0.1) is 0 Å². The van der Waals surface area contributed by atoms with Gasteiger partial charge in [0.05, 0.1) is 10.7 Å². The summed E-state index contributed by atoms with van der Waals surface area (Å²) in [5, 5.41) is 7.37. The minimum absolute atomic E-state index is 0.500. The first-order chi connectivity index (χ1) is 9.74. The number of hydrogen-bond donors (Lipinski definition) is 3. The molecule has 20 heavy (non-hydrogen) atoms. The Labute approximate surface area is 127 Å². The SMILES string of the molecule is S=c1nc(Nc2ccccc2Cl)c2c([nH]1)CCNCC2. The van der Waals surface area contributed by atoms with Crippen molar-refractivity contribution in [2.75, 3.05) is 18.4 Å². The van der Waals surface area contributed by atoms with Crippen LogP contribution < -0.4 is 10.6 Å². The molecule has 1 aromatic heterocycles. The van der Waals surface area contributed by atoms with Crippen LogP contribution in [-0.2, 0) is 12.8 Å². The van der Waals surface area contributed by atoms with Gasteiger partial charge >= 0.3 is 0 Å². The van der Waals surface area contributed by atoms with Gasteiger partial charge in [0.1, 0.15) is 5.82 Å². The van der Waals surface area contributed by atoms with Gasteiger partial charge in [-0.3, -0.25) is 0 Å². The molecule has 0 aliphatic carbocycles. The van der Waals surface area contributed by atoms with E-state index in [0.29, 0.717) is 9.79 Å². The van der Waals surface area contributed by atoms with E-state index in [-0.39, 0.29) is 0 Å². The summed E-state index contributed by atoms with van der Waals surface area (Å²) in [6, 6.07) is 7.64. The highest BCUT2D eigenvalue weighted by Crippen LogP contribution is 2.27. The number of aromatic nitrogens is 2. The van der Waals surface area contributed by atoms with Crippen LogP contribution >= 0.6 is 23.8 Å². The predicted molar refractivity (Wildman–Crippen MR) is 84.4 cm³/mol. The molecule has 2 aromatic rings. The quantitative estimate of drug-likeness (QED) is 0.746. The average molecular weight is 307 g/mol. The monoisotopic (exact) mass is 306 g/mol. The molecule has 0 fully saturated rings. The molecule has 0 spiro atoms. The van der Waals surface area contributed by atoms with E-state index in [1.807, 2.05) is 24.3 Å². The largest absolute Gasteiger partial charge is 0.339 e. The van der Waals surface area contributed by atoms with Gasteiger partial charge in [-0.2, -0.15) is 0 Å². The Kier molecular flexibility index (Phi) is 4.00. The lowest BCUT2D eigenvalue weighted by Gasteiger charge is -2.13. The van der Waals surface area contributed by atoms with Crippen LogP contribution in [0.2, 0.25) is 5.02 Å². The third kappa shape index (κ3) is 2.85. The van der Waals surface area contributed by atoms with Crippen LogP contribution in [0.5, 0.6) is 0 Å². The van der Waals surface area contributed by atoms with E-state index in [4.69, 9.17) is 23.8 Å². The maximum atomic E-state index is 6.19. The number of benzene rings is 1. The van der Waals surface area contributed by atoms with Gasteiger partial charge in [0.25, 0.3) is 0 Å². The van der Waals surface area contributed by atoms with Crippen molar-refractivity contribution in [2.45, 2.75) is 12.8 Å². The fourth-order valence-corrected chi connectivity index (χ4v) is 2.77. The highest BCUT2D eigenvalue weighted by atomic mass is 35.5. The van der Waals surface area contributed by atoms with Crippen molar-refractivity contribution < 1.29 is 0 Å². The molecule has 104 valence electrons. The highest BCUT2D eigenvalue weighted by Gasteiger charge is 2.14. The zero-order valence-electron chi connectivity index (χ0n) is 10.9. The first-order valence-electron chi connectivity index (χ1n) is 6.58. The minimum atomic E-state index is 0.500. The van der Waals surface area contributed by atoms with Crippen LogP contribution in [0.3, 0.4) is 0 Å². The molecule has 0 atom stereocenters. The summed E-state index contributed by atoms with van der Waals surface area (Å²) in [5.41, 5.74) is 3.19. The normalized spacial score (nSPS) is 14.4. The summed E-state index contributed by atoms with van der Waals surface area (Å²) >= 11 is 11.4. The maximum Gasteiger partial charge on any atom is 0.198 e. The number of nitrogens with one attached hydrogen (secondary N) is 3. The van der Waals surface area contributed by atoms with E-state index in [9.17, 15) is 0 Å². The summed E-state index contributed by atoms with van der Waals surface area (Å²) in [4.78, 5) is 7.63. The van der Waals surface area contributed by atoms with Crippen LogP contribution in [0, 0.1) is 4.77 Å². The van der Waals surface area contributed by atoms with Gasteiger partial charge in [-0.25, -0.2) is 4.98 Å². The van der Waals surface area contributed by atoms with E-state index in [1.54, 1.807) is 0 Å². The number of nitrogens with zero attached hydrogens (tertiary/aromatic N) is 1. The van der Waals surface area contributed by atoms with Crippen molar-refractivity contribution in [3.63, 3.8) is 0 Å². The molecule has 6 heteroatoms. The van der Waals surface area contributed by atoms with Crippen molar-refractivity contribution in [2.24, 2.45) is 0 Å². The van der Waals surface area contributed by atoms with Gasteiger partial charge in [0.15, 0.2) is 4.77 Å². The lowest BCUT2D eigenvalue weighted by Crippen LogP contribution is -2.16. The Hall–Kier alpha value is -1.43. The Morgan fingerprint density at radius 3 is 2.85 bits per heavy atom. The van der Waals surface area contributed by atoms with E-state index in [2.05, 4.69) is 20.6 Å². The first-order valence-corrected chi connectivity index (χ1v) is 7.37. The fourth-order valence-electron chi connectivity index (χ4n) is 2.37. The molecule has 3 N–H and O–H groups in total. The molecular weight excluding hydrogens is 292 g/mol. The van der Waals surface area contributed by atoms with Gasteiger partial charge in [-0.1, -0.05) is 23.7 Å². The molecule has 2 heterocycles. The number of para-hydroxylation sites is 1. The van der Waals surface area contributed by atoms with E-state index >= 15 is 0 Å². The van der Waals surface area contributed by atoms with Crippen LogP contribution in [0.4, 0.5) is 11.5 Å². The summed E-state index contributed by atoms with van der Waals surface area (Å²) in [6.07, 6.45) is 1.85. The molecule has 0 saturated carbocycles. The Bertz CT molecular complexity index is 683. The number of aromatic amines is 1. The Morgan fingerprint density at radius 1 is 1.20 bits per heavy atom. The lowest BCUT2D eigenvalue weighted by molar-refractivity contribution is 0.708. The van der Waals surface area contributed by atoms with Crippen molar-refractivity contribution in [3.8, 4) is 0 Å². The third-order valence-electron chi connectivity index (χ3n) is 3.35. The molecule has 4 nitrogen and oxygen atoms in total. The molecular formula is C14H15ClN4S. The molecule has 1 aromatic carbocycles. The van der Waals surface area contributed by atoms with Gasteiger partial charge in [-0.05, 0) is 37.3 Å². The molecule has 0 radical (unpaired) electrons. The molecule has 3 rings (SSSR count). The van der Waals surface area contributed by atoms with E-state index in [1.165, 1.54) is 5.56 Å². The van der Waals surface area contributed by atoms with Gasteiger partial charge in [0.2, 0.25) is 0 Å². The maximum absolute atomic E-state index is 6.19. The van der Waals surface area contributed by atoms with Gasteiger partial charge in [0, 0.05) is 24.2 Å². The molecule has 0 amide bonds.